The highest BCUT2D eigenvalue weighted by atomic mass is 32.2. The van der Waals surface area contributed by atoms with Gasteiger partial charge in [-0.15, -0.1) is 0 Å². The molecule has 4 nitrogen and oxygen atoms in total. The van der Waals surface area contributed by atoms with Gasteiger partial charge in [-0.2, -0.15) is 11.8 Å². The van der Waals surface area contributed by atoms with E-state index in [2.05, 4.69) is 6.58 Å². The van der Waals surface area contributed by atoms with E-state index >= 15 is 0 Å². The molecule has 0 saturated heterocycles. The summed E-state index contributed by atoms with van der Waals surface area (Å²) in [5.41, 5.74) is 2.30. The van der Waals surface area contributed by atoms with Crippen molar-refractivity contribution in [3.05, 3.63) is 77.4 Å². The van der Waals surface area contributed by atoms with Gasteiger partial charge in [0, 0.05) is 11.5 Å². The zero-order valence-electron chi connectivity index (χ0n) is 13.1. The first-order valence-electron chi connectivity index (χ1n) is 7.40. The van der Waals surface area contributed by atoms with E-state index in [4.69, 9.17) is 9.84 Å². The minimum atomic E-state index is -1.14. The highest BCUT2D eigenvalue weighted by Gasteiger charge is 2.16. The van der Waals surface area contributed by atoms with Crippen molar-refractivity contribution in [1.29, 1.82) is 0 Å². The second-order valence-corrected chi connectivity index (χ2v) is 6.09. The van der Waals surface area contributed by atoms with Crippen LogP contribution < -0.4 is 0 Å². The van der Waals surface area contributed by atoms with Gasteiger partial charge in [0.25, 0.3) is 0 Å². The van der Waals surface area contributed by atoms with Crippen molar-refractivity contribution in [2.24, 2.45) is 0 Å². The lowest BCUT2D eigenvalue weighted by Crippen LogP contribution is -2.13. The molecule has 0 fully saturated rings. The molecule has 2 rings (SSSR count). The van der Waals surface area contributed by atoms with E-state index in [0.717, 1.165) is 11.3 Å². The molecule has 0 heterocycles. The number of thioether (sulfide) groups is 1. The molecular weight excluding hydrogens is 324 g/mol. The summed E-state index contributed by atoms with van der Waals surface area (Å²) in [6, 6.07) is 14.1. The number of ether oxygens (including phenoxy) is 1. The van der Waals surface area contributed by atoms with Gasteiger partial charge in [0.15, 0.2) is 0 Å². The van der Waals surface area contributed by atoms with Crippen molar-refractivity contribution in [3.63, 3.8) is 0 Å². The van der Waals surface area contributed by atoms with Crippen molar-refractivity contribution < 1.29 is 19.4 Å². The summed E-state index contributed by atoms with van der Waals surface area (Å²) in [5.74, 6) is -0.283. The predicted octanol–water partition coefficient (Wildman–Crippen LogP) is 4.12. The van der Waals surface area contributed by atoms with E-state index in [1.54, 1.807) is 30.0 Å². The van der Waals surface area contributed by atoms with Crippen molar-refractivity contribution in [3.8, 4) is 0 Å². The predicted molar refractivity (Wildman–Crippen MR) is 96.4 cm³/mol. The zero-order chi connectivity index (χ0) is 17.4. The van der Waals surface area contributed by atoms with Gasteiger partial charge >= 0.3 is 11.9 Å². The molecule has 1 N–H and O–H groups in total. The van der Waals surface area contributed by atoms with E-state index < -0.39 is 11.9 Å². The summed E-state index contributed by atoms with van der Waals surface area (Å²) in [6.07, 6.45) is 1.80. The van der Waals surface area contributed by atoms with Gasteiger partial charge in [-0.05, 0) is 23.3 Å². The average molecular weight is 342 g/mol. The minimum Gasteiger partial charge on any atom is -0.478 e. The number of carbonyl (C=O) groups is 2. The zero-order valence-corrected chi connectivity index (χ0v) is 13.9. The highest BCUT2D eigenvalue weighted by molar-refractivity contribution is 7.98. The third kappa shape index (κ3) is 4.99. The molecule has 0 saturated carbocycles. The van der Waals surface area contributed by atoms with Crippen molar-refractivity contribution in [2.45, 2.75) is 5.75 Å². The second-order valence-electron chi connectivity index (χ2n) is 4.98. The maximum absolute atomic E-state index is 12.0. The summed E-state index contributed by atoms with van der Waals surface area (Å²) in [4.78, 5) is 23.1. The fourth-order valence-electron chi connectivity index (χ4n) is 2.06. The van der Waals surface area contributed by atoms with E-state index in [1.807, 2.05) is 24.3 Å². The lowest BCUT2D eigenvalue weighted by molar-refractivity contribution is 0.0518. The van der Waals surface area contributed by atoms with Gasteiger partial charge < -0.3 is 9.84 Å². The largest absolute Gasteiger partial charge is 0.478 e. The van der Waals surface area contributed by atoms with Crippen LogP contribution in [-0.2, 0) is 10.5 Å². The first kappa shape index (κ1) is 17.8. The monoisotopic (exact) mass is 342 g/mol. The summed E-state index contributed by atoms with van der Waals surface area (Å²) >= 11 is 1.65. The highest BCUT2D eigenvalue weighted by Crippen LogP contribution is 2.14. The normalized spacial score (nSPS) is 10.2. The van der Waals surface area contributed by atoms with Gasteiger partial charge in [0.1, 0.15) is 6.61 Å². The number of carbonyl (C=O) groups excluding carboxylic acids is 1. The Morgan fingerprint density at radius 1 is 1.08 bits per heavy atom. The maximum Gasteiger partial charge on any atom is 0.339 e. The molecule has 0 atom stereocenters. The molecule has 0 aliphatic heterocycles. The van der Waals surface area contributed by atoms with Crippen LogP contribution >= 0.6 is 11.8 Å². The molecule has 0 aromatic heterocycles. The third-order valence-corrected chi connectivity index (χ3v) is 4.32. The lowest BCUT2D eigenvalue weighted by atomic mass is 10.1. The Hall–Kier alpha value is -2.53. The lowest BCUT2D eigenvalue weighted by Gasteiger charge is -2.07. The van der Waals surface area contributed by atoms with Crippen LogP contribution in [0.5, 0.6) is 0 Å². The average Bonchev–Trinajstić information content (AvgIpc) is 2.61. The third-order valence-electron chi connectivity index (χ3n) is 3.32. The Bertz CT molecular complexity index is 722. The smallest absolute Gasteiger partial charge is 0.339 e. The Balaban J connectivity index is 1.77. The van der Waals surface area contributed by atoms with Crippen LogP contribution in [0.2, 0.25) is 0 Å². The van der Waals surface area contributed by atoms with E-state index in [0.29, 0.717) is 5.75 Å². The van der Waals surface area contributed by atoms with Gasteiger partial charge in [0.2, 0.25) is 0 Å². The molecule has 0 aliphatic rings. The minimum absolute atomic E-state index is 0.0440. The number of rotatable bonds is 8. The first-order chi connectivity index (χ1) is 11.6. The molecule has 0 aliphatic carbocycles. The fourth-order valence-corrected chi connectivity index (χ4v) is 2.83. The van der Waals surface area contributed by atoms with Crippen LogP contribution in [-0.4, -0.2) is 29.4 Å². The molecule has 0 unspecified atom stereocenters. The number of hydrogen-bond acceptors (Lipinski definition) is 4. The standard InChI is InChI=1S/C19H18O4S/c1-2-14-7-9-15(10-8-14)13-24-12-11-23-19(22)17-6-4-3-5-16(17)18(20)21/h2-10H,1,11-13H2,(H,20,21). The summed E-state index contributed by atoms with van der Waals surface area (Å²) in [7, 11) is 0. The number of esters is 1. The van der Waals surface area contributed by atoms with Gasteiger partial charge in [-0.3, -0.25) is 0 Å². The van der Waals surface area contributed by atoms with Crippen molar-refractivity contribution >= 4 is 29.8 Å². The fraction of sp³-hybridized carbons (Fsp3) is 0.158. The van der Waals surface area contributed by atoms with E-state index in [1.165, 1.54) is 17.7 Å². The quantitative estimate of drug-likeness (QED) is 0.577. The molecule has 124 valence electrons. The SMILES string of the molecule is C=Cc1ccc(CSCCOC(=O)c2ccccc2C(=O)O)cc1. The molecule has 2 aromatic carbocycles. The van der Waals surface area contributed by atoms with Crippen molar-refractivity contribution in [2.75, 3.05) is 12.4 Å². The van der Waals surface area contributed by atoms with Gasteiger partial charge in [-0.1, -0.05) is 49.1 Å². The Morgan fingerprint density at radius 2 is 1.75 bits per heavy atom. The maximum atomic E-state index is 12.0. The molecule has 0 radical (unpaired) electrons. The van der Waals surface area contributed by atoms with Crippen LogP contribution in [0, 0.1) is 0 Å². The van der Waals surface area contributed by atoms with Crippen LogP contribution in [0.4, 0.5) is 0 Å². The molecule has 2 aromatic rings. The first-order valence-corrected chi connectivity index (χ1v) is 8.56. The van der Waals surface area contributed by atoms with Crippen LogP contribution in [0.15, 0.2) is 55.1 Å². The van der Waals surface area contributed by atoms with Crippen LogP contribution in [0.3, 0.4) is 0 Å². The summed E-state index contributed by atoms with van der Waals surface area (Å²) < 4.78 is 5.16. The summed E-state index contributed by atoms with van der Waals surface area (Å²) in [6.45, 7) is 3.95. The van der Waals surface area contributed by atoms with Gasteiger partial charge in [0.05, 0.1) is 11.1 Å². The molecule has 24 heavy (non-hydrogen) atoms. The molecule has 5 heteroatoms. The summed E-state index contributed by atoms with van der Waals surface area (Å²) in [5, 5.41) is 9.07. The second kappa shape index (κ2) is 8.93. The van der Waals surface area contributed by atoms with Crippen LogP contribution in [0.25, 0.3) is 6.08 Å². The number of carboxylic acids is 1. The molecule has 0 amide bonds. The number of carboxylic acid groups (broad SMARTS) is 1. The van der Waals surface area contributed by atoms with E-state index in [-0.39, 0.29) is 17.7 Å². The number of benzene rings is 2. The number of hydrogen-bond donors (Lipinski definition) is 1. The number of aromatic carboxylic acids is 1. The molecular formula is C19H18O4S. The Kier molecular flexibility index (Phi) is 6.63. The van der Waals surface area contributed by atoms with Crippen LogP contribution in [0.1, 0.15) is 31.8 Å². The topological polar surface area (TPSA) is 63.6 Å². The van der Waals surface area contributed by atoms with Gasteiger partial charge in [-0.25, -0.2) is 9.59 Å². The molecule has 0 spiro atoms. The Morgan fingerprint density at radius 3 is 2.38 bits per heavy atom. The Labute approximate surface area is 145 Å². The van der Waals surface area contributed by atoms with E-state index in [9.17, 15) is 9.59 Å². The molecule has 0 bridgehead atoms. The van der Waals surface area contributed by atoms with Crippen molar-refractivity contribution in [1.82, 2.24) is 0 Å².